The molecule has 4 nitrogen and oxygen atoms in total. The Labute approximate surface area is 106 Å². The number of carbonyl (C=O) groups is 2. The predicted octanol–water partition coefficient (Wildman–Crippen LogP) is 2.28. The molecule has 1 N–H and O–H groups in total. The van der Waals surface area contributed by atoms with Crippen LogP contribution in [0.25, 0.3) is 6.08 Å². The number of hydrogen-bond donors (Lipinski definition) is 1. The number of carboxylic acid groups (broad SMARTS) is 1. The van der Waals surface area contributed by atoms with Gasteiger partial charge in [-0.2, -0.15) is 0 Å². The van der Waals surface area contributed by atoms with Gasteiger partial charge in [0.05, 0.1) is 19.4 Å². The molecule has 4 heteroatoms. The summed E-state index contributed by atoms with van der Waals surface area (Å²) in [7, 11) is 0. The summed E-state index contributed by atoms with van der Waals surface area (Å²) in [6.07, 6.45) is 3.79. The highest BCUT2D eigenvalue weighted by atomic mass is 16.5. The van der Waals surface area contributed by atoms with E-state index in [0.29, 0.717) is 6.61 Å². The summed E-state index contributed by atoms with van der Waals surface area (Å²) >= 11 is 0. The van der Waals surface area contributed by atoms with Gasteiger partial charge in [0, 0.05) is 0 Å². The molecule has 0 bridgehead atoms. The predicted molar refractivity (Wildman–Crippen MR) is 68.1 cm³/mol. The van der Waals surface area contributed by atoms with E-state index in [4.69, 9.17) is 9.84 Å². The number of carbonyl (C=O) groups excluding carboxylic acids is 1. The quantitative estimate of drug-likeness (QED) is 0.784. The van der Waals surface area contributed by atoms with Crippen LogP contribution in [0.5, 0.6) is 0 Å². The Balaban J connectivity index is 2.50. The lowest BCUT2D eigenvalue weighted by atomic mass is 10.1. The van der Waals surface area contributed by atoms with Crippen LogP contribution < -0.4 is 0 Å². The third kappa shape index (κ3) is 5.30. The molecule has 18 heavy (non-hydrogen) atoms. The van der Waals surface area contributed by atoms with E-state index in [1.165, 1.54) is 0 Å². The number of carboxylic acids is 1. The summed E-state index contributed by atoms with van der Waals surface area (Å²) in [5.41, 5.74) is 1.68. The van der Waals surface area contributed by atoms with Gasteiger partial charge in [-0.25, -0.2) is 0 Å². The second-order valence-corrected chi connectivity index (χ2v) is 3.72. The summed E-state index contributed by atoms with van der Waals surface area (Å²) in [6, 6.07) is 7.16. The molecule has 0 saturated carbocycles. The minimum atomic E-state index is -0.847. The summed E-state index contributed by atoms with van der Waals surface area (Å²) < 4.78 is 4.79. The Morgan fingerprint density at radius 3 is 2.50 bits per heavy atom. The van der Waals surface area contributed by atoms with Crippen molar-refractivity contribution in [2.24, 2.45) is 0 Å². The first-order valence-electron chi connectivity index (χ1n) is 5.74. The Kier molecular flexibility index (Phi) is 5.64. The van der Waals surface area contributed by atoms with E-state index in [2.05, 4.69) is 0 Å². The zero-order chi connectivity index (χ0) is 13.4. The SMILES string of the molecule is CCOC(=O)CC=Cc1ccc(CC(=O)O)cc1. The maximum atomic E-state index is 11.1. The highest BCUT2D eigenvalue weighted by molar-refractivity contribution is 5.73. The van der Waals surface area contributed by atoms with Crippen LogP contribution in [0.15, 0.2) is 30.3 Å². The van der Waals surface area contributed by atoms with Crippen molar-refractivity contribution in [2.75, 3.05) is 6.61 Å². The summed E-state index contributed by atoms with van der Waals surface area (Å²) in [5, 5.41) is 8.62. The molecule has 1 aromatic carbocycles. The molecule has 1 rings (SSSR count). The molecule has 0 saturated heterocycles. The first-order valence-corrected chi connectivity index (χ1v) is 5.74. The molecule has 96 valence electrons. The molecular formula is C14H16O4. The Morgan fingerprint density at radius 2 is 1.94 bits per heavy atom. The third-order valence-electron chi connectivity index (χ3n) is 2.24. The first kappa shape index (κ1) is 14.0. The van der Waals surface area contributed by atoms with Crippen LogP contribution in [0.4, 0.5) is 0 Å². The van der Waals surface area contributed by atoms with E-state index < -0.39 is 5.97 Å². The van der Waals surface area contributed by atoms with Crippen molar-refractivity contribution in [1.29, 1.82) is 0 Å². The van der Waals surface area contributed by atoms with Crippen molar-refractivity contribution in [1.82, 2.24) is 0 Å². The maximum absolute atomic E-state index is 11.1. The van der Waals surface area contributed by atoms with Crippen molar-refractivity contribution in [2.45, 2.75) is 19.8 Å². The van der Waals surface area contributed by atoms with Gasteiger partial charge in [0.25, 0.3) is 0 Å². The molecule has 1 aromatic rings. The van der Waals surface area contributed by atoms with E-state index >= 15 is 0 Å². The van der Waals surface area contributed by atoms with Gasteiger partial charge in [0.15, 0.2) is 0 Å². The number of aliphatic carboxylic acids is 1. The minimum Gasteiger partial charge on any atom is -0.481 e. The van der Waals surface area contributed by atoms with E-state index in [0.717, 1.165) is 11.1 Å². The standard InChI is InChI=1S/C14H16O4/c1-2-18-14(17)5-3-4-11-6-8-12(9-7-11)10-13(15)16/h3-4,6-9H,2,5,10H2,1H3,(H,15,16). The van der Waals surface area contributed by atoms with Crippen LogP contribution in [-0.4, -0.2) is 23.7 Å². The fourth-order valence-electron chi connectivity index (χ4n) is 1.43. The molecule has 0 aliphatic heterocycles. The number of hydrogen-bond acceptors (Lipinski definition) is 3. The zero-order valence-electron chi connectivity index (χ0n) is 10.3. The van der Waals surface area contributed by atoms with Crippen molar-refractivity contribution >= 4 is 18.0 Å². The fraction of sp³-hybridized carbons (Fsp3) is 0.286. The number of rotatable bonds is 6. The maximum Gasteiger partial charge on any atom is 0.309 e. The summed E-state index contributed by atoms with van der Waals surface area (Å²) in [6.45, 7) is 2.15. The van der Waals surface area contributed by atoms with E-state index in [1.54, 1.807) is 25.1 Å². The van der Waals surface area contributed by atoms with E-state index in [-0.39, 0.29) is 18.8 Å². The fourth-order valence-corrected chi connectivity index (χ4v) is 1.43. The Morgan fingerprint density at radius 1 is 1.28 bits per heavy atom. The van der Waals surface area contributed by atoms with E-state index in [1.807, 2.05) is 18.2 Å². The summed E-state index contributed by atoms with van der Waals surface area (Å²) in [5.74, 6) is -1.10. The molecule has 0 aliphatic rings. The zero-order valence-corrected chi connectivity index (χ0v) is 10.3. The largest absolute Gasteiger partial charge is 0.481 e. The van der Waals surface area contributed by atoms with Crippen LogP contribution in [0.2, 0.25) is 0 Å². The molecule has 0 aliphatic carbocycles. The Bertz CT molecular complexity index is 432. The van der Waals surface area contributed by atoms with Gasteiger partial charge >= 0.3 is 11.9 Å². The van der Waals surface area contributed by atoms with Gasteiger partial charge in [0.1, 0.15) is 0 Å². The van der Waals surface area contributed by atoms with Gasteiger partial charge in [-0.1, -0.05) is 36.4 Å². The molecule has 0 heterocycles. The number of benzene rings is 1. The van der Waals surface area contributed by atoms with Gasteiger partial charge in [-0.15, -0.1) is 0 Å². The molecule has 0 atom stereocenters. The first-order chi connectivity index (χ1) is 8.61. The van der Waals surface area contributed by atoms with Crippen LogP contribution in [0, 0.1) is 0 Å². The lowest BCUT2D eigenvalue weighted by Crippen LogP contribution is -2.01. The molecule has 0 fully saturated rings. The van der Waals surface area contributed by atoms with Crippen molar-refractivity contribution in [3.05, 3.63) is 41.5 Å². The average molecular weight is 248 g/mol. The second-order valence-electron chi connectivity index (χ2n) is 3.72. The normalized spacial score (nSPS) is 10.5. The van der Waals surface area contributed by atoms with Gasteiger partial charge in [-0.3, -0.25) is 9.59 Å². The topological polar surface area (TPSA) is 63.6 Å². The Hall–Kier alpha value is -2.10. The smallest absolute Gasteiger partial charge is 0.309 e. The highest BCUT2D eigenvalue weighted by Crippen LogP contribution is 2.07. The molecule has 0 radical (unpaired) electrons. The van der Waals surface area contributed by atoms with Crippen LogP contribution in [-0.2, 0) is 20.7 Å². The van der Waals surface area contributed by atoms with Crippen molar-refractivity contribution in [3.63, 3.8) is 0 Å². The van der Waals surface area contributed by atoms with E-state index in [9.17, 15) is 9.59 Å². The van der Waals surface area contributed by atoms with Gasteiger partial charge in [0.2, 0.25) is 0 Å². The number of esters is 1. The van der Waals surface area contributed by atoms with Crippen molar-refractivity contribution < 1.29 is 19.4 Å². The molecule has 0 unspecified atom stereocenters. The van der Waals surface area contributed by atoms with Crippen molar-refractivity contribution in [3.8, 4) is 0 Å². The minimum absolute atomic E-state index is 0.0207. The van der Waals surface area contributed by atoms with Gasteiger partial charge < -0.3 is 9.84 Å². The lowest BCUT2D eigenvalue weighted by Gasteiger charge is -1.99. The molecular weight excluding hydrogens is 232 g/mol. The molecule has 0 amide bonds. The number of ether oxygens (including phenoxy) is 1. The van der Waals surface area contributed by atoms with Crippen LogP contribution >= 0.6 is 0 Å². The highest BCUT2D eigenvalue weighted by Gasteiger charge is 1.99. The molecule has 0 aromatic heterocycles. The third-order valence-corrected chi connectivity index (χ3v) is 2.24. The monoisotopic (exact) mass is 248 g/mol. The van der Waals surface area contributed by atoms with Gasteiger partial charge in [-0.05, 0) is 18.1 Å². The molecule has 0 spiro atoms. The van der Waals surface area contributed by atoms with Crippen LogP contribution in [0.1, 0.15) is 24.5 Å². The second kappa shape index (κ2) is 7.27. The average Bonchev–Trinajstić information content (AvgIpc) is 2.31. The van der Waals surface area contributed by atoms with Crippen LogP contribution in [0.3, 0.4) is 0 Å². The summed E-state index contributed by atoms with van der Waals surface area (Å²) in [4.78, 5) is 21.6. The lowest BCUT2D eigenvalue weighted by molar-refractivity contribution is -0.142.